The normalized spacial score (nSPS) is 21.6. The third-order valence-corrected chi connectivity index (χ3v) is 5.05. The molecule has 5 nitrogen and oxygen atoms in total. The number of phenols is 1. The predicted octanol–water partition coefficient (Wildman–Crippen LogP) is 3.10. The topological polar surface area (TPSA) is 55.8 Å². The second-order valence-electron chi connectivity index (χ2n) is 7.61. The maximum absolute atomic E-state index is 14.0. The first-order valence-corrected chi connectivity index (χ1v) is 8.43. The molecule has 2 rings (SSSR count). The van der Waals surface area contributed by atoms with Crippen LogP contribution in [0, 0.1) is 17.0 Å². The van der Waals surface area contributed by atoms with Crippen molar-refractivity contribution in [2.24, 2.45) is 5.41 Å². The number of amides is 2. The second kappa shape index (κ2) is 7.15. The predicted molar refractivity (Wildman–Crippen MR) is 92.4 cm³/mol. The van der Waals surface area contributed by atoms with Crippen molar-refractivity contribution < 1.29 is 18.7 Å². The van der Waals surface area contributed by atoms with Gasteiger partial charge in [0.05, 0.1) is 6.04 Å². The molecule has 1 fully saturated rings. The summed E-state index contributed by atoms with van der Waals surface area (Å²) in [5.74, 6) is -3.19. The smallest absolute Gasteiger partial charge is 0.317 e. The first-order valence-electron chi connectivity index (χ1n) is 8.43. The SMILES string of the molecule is CC(NC(=O)N(C)C1CCN(C)CC1(C)C)c1ccc(O)c(F)c1F. The number of carbonyl (C=O) groups is 1. The number of likely N-dealkylation sites (tertiary alicyclic amines) is 1. The lowest BCUT2D eigenvalue weighted by Gasteiger charge is -2.47. The number of nitrogens with one attached hydrogen (secondary N) is 1. The summed E-state index contributed by atoms with van der Waals surface area (Å²) in [6.45, 7) is 7.60. The lowest BCUT2D eigenvalue weighted by Crippen LogP contribution is -2.57. The average molecular weight is 355 g/mol. The van der Waals surface area contributed by atoms with E-state index in [1.165, 1.54) is 6.07 Å². The van der Waals surface area contributed by atoms with E-state index in [0.29, 0.717) is 0 Å². The van der Waals surface area contributed by atoms with Crippen LogP contribution in [0.3, 0.4) is 0 Å². The number of urea groups is 1. The van der Waals surface area contributed by atoms with E-state index >= 15 is 0 Å². The molecule has 25 heavy (non-hydrogen) atoms. The molecule has 0 radical (unpaired) electrons. The molecule has 2 N–H and O–H groups in total. The fourth-order valence-electron chi connectivity index (χ4n) is 3.73. The molecule has 2 atom stereocenters. The molecule has 0 spiro atoms. The zero-order valence-corrected chi connectivity index (χ0v) is 15.4. The Morgan fingerprint density at radius 3 is 2.64 bits per heavy atom. The number of hydrogen-bond acceptors (Lipinski definition) is 3. The highest BCUT2D eigenvalue weighted by atomic mass is 19.2. The van der Waals surface area contributed by atoms with Crippen LogP contribution in [0.1, 0.15) is 38.8 Å². The molecule has 1 aromatic carbocycles. The fraction of sp³-hybridized carbons (Fsp3) is 0.611. The van der Waals surface area contributed by atoms with Crippen molar-refractivity contribution in [1.29, 1.82) is 0 Å². The Bertz CT molecular complexity index is 651. The van der Waals surface area contributed by atoms with Gasteiger partial charge in [-0.2, -0.15) is 4.39 Å². The standard InChI is InChI=1S/C18H27F2N3O2/c1-11(12-6-7-13(24)16(20)15(12)19)21-17(25)23(5)14-8-9-22(4)10-18(14,2)3/h6-7,11,14,24H,8-10H2,1-5H3,(H,21,25). The molecule has 0 aliphatic carbocycles. The van der Waals surface area contributed by atoms with E-state index in [9.17, 15) is 18.7 Å². The Kier molecular flexibility index (Phi) is 5.56. The van der Waals surface area contributed by atoms with Crippen LogP contribution in [0.2, 0.25) is 0 Å². The van der Waals surface area contributed by atoms with Gasteiger partial charge in [0.1, 0.15) is 0 Å². The number of piperidine rings is 1. The average Bonchev–Trinajstić information content (AvgIpc) is 2.51. The molecule has 1 saturated heterocycles. The zero-order valence-electron chi connectivity index (χ0n) is 15.4. The Morgan fingerprint density at radius 1 is 1.40 bits per heavy atom. The fourth-order valence-corrected chi connectivity index (χ4v) is 3.73. The summed E-state index contributed by atoms with van der Waals surface area (Å²) in [5.41, 5.74) is -0.0715. The molecule has 2 amide bonds. The zero-order chi connectivity index (χ0) is 18.9. The van der Waals surface area contributed by atoms with Crippen LogP contribution in [-0.4, -0.2) is 54.2 Å². The molecule has 0 bridgehead atoms. The van der Waals surface area contributed by atoms with Crippen LogP contribution in [0.25, 0.3) is 0 Å². The lowest BCUT2D eigenvalue weighted by atomic mass is 9.78. The van der Waals surface area contributed by atoms with Crippen LogP contribution >= 0.6 is 0 Å². The van der Waals surface area contributed by atoms with Crippen LogP contribution in [0.4, 0.5) is 13.6 Å². The van der Waals surface area contributed by atoms with Crippen molar-refractivity contribution in [3.05, 3.63) is 29.3 Å². The molecule has 7 heteroatoms. The molecule has 2 unspecified atom stereocenters. The molecule has 1 aromatic rings. The first-order chi connectivity index (χ1) is 11.5. The van der Waals surface area contributed by atoms with E-state index in [2.05, 4.69) is 31.1 Å². The van der Waals surface area contributed by atoms with E-state index < -0.39 is 23.4 Å². The largest absolute Gasteiger partial charge is 0.505 e. The van der Waals surface area contributed by atoms with Gasteiger partial charge in [0.2, 0.25) is 5.82 Å². The third kappa shape index (κ3) is 4.03. The van der Waals surface area contributed by atoms with Crippen molar-refractivity contribution in [2.75, 3.05) is 27.2 Å². The monoisotopic (exact) mass is 355 g/mol. The summed E-state index contributed by atoms with van der Waals surface area (Å²) < 4.78 is 27.5. The summed E-state index contributed by atoms with van der Waals surface area (Å²) in [5, 5.41) is 11.9. The minimum Gasteiger partial charge on any atom is -0.505 e. The Morgan fingerprint density at radius 2 is 2.04 bits per heavy atom. The number of halogens is 2. The Labute approximate surface area is 147 Å². The van der Waals surface area contributed by atoms with Crippen molar-refractivity contribution in [2.45, 2.75) is 39.3 Å². The molecular weight excluding hydrogens is 328 g/mol. The molecule has 1 heterocycles. The van der Waals surface area contributed by atoms with Crippen LogP contribution < -0.4 is 5.32 Å². The third-order valence-electron chi connectivity index (χ3n) is 5.05. The summed E-state index contributed by atoms with van der Waals surface area (Å²) in [6, 6.07) is 1.36. The molecule has 140 valence electrons. The second-order valence-corrected chi connectivity index (χ2v) is 7.61. The van der Waals surface area contributed by atoms with E-state index in [1.54, 1.807) is 18.9 Å². The van der Waals surface area contributed by atoms with Gasteiger partial charge in [-0.05, 0) is 38.4 Å². The number of nitrogens with zero attached hydrogens (tertiary/aromatic N) is 2. The molecular formula is C18H27F2N3O2. The summed E-state index contributed by atoms with van der Waals surface area (Å²) in [7, 11) is 3.79. The van der Waals surface area contributed by atoms with Crippen molar-refractivity contribution >= 4 is 6.03 Å². The molecule has 0 saturated carbocycles. The molecule has 1 aliphatic rings. The van der Waals surface area contributed by atoms with Crippen molar-refractivity contribution in [1.82, 2.24) is 15.1 Å². The van der Waals surface area contributed by atoms with Gasteiger partial charge in [0, 0.05) is 25.2 Å². The van der Waals surface area contributed by atoms with E-state index in [0.717, 1.165) is 25.6 Å². The number of hydrogen-bond donors (Lipinski definition) is 2. The van der Waals surface area contributed by atoms with Crippen LogP contribution in [0.5, 0.6) is 5.75 Å². The lowest BCUT2D eigenvalue weighted by molar-refractivity contribution is 0.0445. The minimum absolute atomic E-state index is 0.000289. The maximum Gasteiger partial charge on any atom is 0.317 e. The number of carbonyl (C=O) groups excluding carboxylic acids is 1. The van der Waals surface area contributed by atoms with Gasteiger partial charge < -0.3 is 20.2 Å². The summed E-state index contributed by atoms with van der Waals surface area (Å²) in [6.07, 6.45) is 0.851. The van der Waals surface area contributed by atoms with E-state index in [4.69, 9.17) is 0 Å². The van der Waals surface area contributed by atoms with Crippen LogP contribution in [-0.2, 0) is 0 Å². The Balaban J connectivity index is 2.10. The number of aromatic hydroxyl groups is 1. The van der Waals surface area contributed by atoms with Crippen molar-refractivity contribution in [3.8, 4) is 5.75 Å². The quantitative estimate of drug-likeness (QED) is 0.876. The minimum atomic E-state index is -1.30. The highest BCUT2D eigenvalue weighted by Gasteiger charge is 2.39. The van der Waals surface area contributed by atoms with Gasteiger partial charge in [-0.15, -0.1) is 0 Å². The summed E-state index contributed by atoms with van der Waals surface area (Å²) >= 11 is 0. The maximum atomic E-state index is 14.0. The van der Waals surface area contributed by atoms with Gasteiger partial charge in [0.25, 0.3) is 0 Å². The van der Waals surface area contributed by atoms with E-state index in [1.807, 2.05) is 0 Å². The molecule has 1 aliphatic heterocycles. The molecule has 0 aromatic heterocycles. The summed E-state index contributed by atoms with van der Waals surface area (Å²) in [4.78, 5) is 16.5. The van der Waals surface area contributed by atoms with Gasteiger partial charge in [0.15, 0.2) is 11.6 Å². The van der Waals surface area contributed by atoms with Crippen LogP contribution in [0.15, 0.2) is 12.1 Å². The number of phenolic OH excluding ortho intramolecular Hbond substituents is 1. The number of benzene rings is 1. The van der Waals surface area contributed by atoms with Gasteiger partial charge in [-0.3, -0.25) is 0 Å². The van der Waals surface area contributed by atoms with Gasteiger partial charge >= 0.3 is 6.03 Å². The Hall–Kier alpha value is -1.89. The number of rotatable bonds is 3. The van der Waals surface area contributed by atoms with Gasteiger partial charge in [-0.1, -0.05) is 19.9 Å². The van der Waals surface area contributed by atoms with E-state index in [-0.39, 0.29) is 23.1 Å². The van der Waals surface area contributed by atoms with Crippen molar-refractivity contribution in [3.63, 3.8) is 0 Å². The first kappa shape index (κ1) is 19.4. The highest BCUT2D eigenvalue weighted by Crippen LogP contribution is 2.32. The van der Waals surface area contributed by atoms with Gasteiger partial charge in [-0.25, -0.2) is 9.18 Å². The highest BCUT2D eigenvalue weighted by molar-refractivity contribution is 5.75.